The second-order valence-corrected chi connectivity index (χ2v) is 3.64. The standard InChI is InChI=1S/C10H9ClN4O2/c1-17-8-3-6(12)5(11)2-7(8)14-9-4-13-10(16)15-9/h2-4H,12H2,1H3,(H,14,15,16). The van der Waals surface area contributed by atoms with Gasteiger partial charge >= 0.3 is 6.03 Å². The number of rotatable bonds is 2. The maximum Gasteiger partial charge on any atom is 0.346 e. The van der Waals surface area contributed by atoms with Crippen molar-refractivity contribution in [3.63, 3.8) is 0 Å². The number of nitrogens with one attached hydrogen (secondary N) is 1. The summed E-state index contributed by atoms with van der Waals surface area (Å²) in [5.41, 5.74) is 6.51. The van der Waals surface area contributed by atoms with Crippen LogP contribution in [-0.4, -0.2) is 25.2 Å². The first-order valence-corrected chi connectivity index (χ1v) is 5.04. The van der Waals surface area contributed by atoms with Crippen molar-refractivity contribution in [1.29, 1.82) is 0 Å². The Morgan fingerprint density at radius 3 is 2.88 bits per heavy atom. The zero-order chi connectivity index (χ0) is 12.4. The molecule has 0 spiro atoms. The lowest BCUT2D eigenvalue weighted by molar-refractivity contribution is 0.254. The summed E-state index contributed by atoms with van der Waals surface area (Å²) in [7, 11) is 1.49. The summed E-state index contributed by atoms with van der Waals surface area (Å²) in [5.74, 6) is 0.795. The molecule has 0 aromatic heterocycles. The Morgan fingerprint density at radius 1 is 1.53 bits per heavy atom. The van der Waals surface area contributed by atoms with Crippen LogP contribution in [0.15, 0.2) is 22.1 Å². The van der Waals surface area contributed by atoms with E-state index in [0.29, 0.717) is 28.0 Å². The number of nitrogens with two attached hydrogens (primary N) is 1. The van der Waals surface area contributed by atoms with E-state index in [-0.39, 0.29) is 0 Å². The molecule has 0 radical (unpaired) electrons. The summed E-state index contributed by atoms with van der Waals surface area (Å²) in [4.78, 5) is 18.5. The molecule has 1 aromatic rings. The van der Waals surface area contributed by atoms with Gasteiger partial charge < -0.3 is 10.5 Å². The van der Waals surface area contributed by atoms with E-state index >= 15 is 0 Å². The zero-order valence-corrected chi connectivity index (χ0v) is 9.65. The van der Waals surface area contributed by atoms with Crippen molar-refractivity contribution < 1.29 is 9.53 Å². The highest BCUT2D eigenvalue weighted by atomic mass is 35.5. The number of methoxy groups -OCH3 is 1. The van der Waals surface area contributed by atoms with Crippen LogP contribution in [0.4, 0.5) is 16.2 Å². The minimum absolute atomic E-state index is 0.328. The number of hydrogen-bond acceptors (Lipinski definition) is 4. The molecule has 0 saturated heterocycles. The molecule has 0 saturated carbocycles. The topological polar surface area (TPSA) is 89.1 Å². The smallest absolute Gasteiger partial charge is 0.346 e. The van der Waals surface area contributed by atoms with E-state index in [2.05, 4.69) is 15.3 Å². The molecule has 1 heterocycles. The van der Waals surface area contributed by atoms with Crippen LogP contribution in [0.5, 0.6) is 5.75 Å². The number of carbonyl (C=O) groups is 1. The number of benzene rings is 1. The molecule has 0 aliphatic carbocycles. The van der Waals surface area contributed by atoms with Gasteiger partial charge in [0.1, 0.15) is 11.4 Å². The second-order valence-electron chi connectivity index (χ2n) is 3.23. The molecule has 88 valence electrons. The largest absolute Gasteiger partial charge is 0.494 e. The molecule has 6 nitrogen and oxygen atoms in total. The monoisotopic (exact) mass is 252 g/mol. The third-order valence-corrected chi connectivity index (χ3v) is 2.41. The van der Waals surface area contributed by atoms with E-state index in [4.69, 9.17) is 22.1 Å². The molecule has 2 rings (SSSR count). The minimum atomic E-state index is -0.454. The number of ether oxygens (including phenoxy) is 1. The molecule has 1 aliphatic heterocycles. The number of nitrogens with zero attached hydrogens (tertiary/aromatic N) is 2. The van der Waals surface area contributed by atoms with E-state index in [0.717, 1.165) is 0 Å². The van der Waals surface area contributed by atoms with Crippen molar-refractivity contribution in [2.24, 2.45) is 9.98 Å². The maximum absolute atomic E-state index is 10.9. The molecule has 0 bridgehead atoms. The highest BCUT2D eigenvalue weighted by Crippen LogP contribution is 2.34. The van der Waals surface area contributed by atoms with Gasteiger partial charge in [-0.3, -0.25) is 5.32 Å². The highest BCUT2D eigenvalue weighted by Gasteiger charge is 2.12. The third kappa shape index (κ3) is 2.36. The third-order valence-electron chi connectivity index (χ3n) is 2.08. The van der Waals surface area contributed by atoms with E-state index < -0.39 is 6.03 Å². The van der Waals surface area contributed by atoms with Crippen molar-refractivity contribution >= 4 is 41.1 Å². The van der Waals surface area contributed by atoms with Gasteiger partial charge in [-0.15, -0.1) is 0 Å². The molecule has 17 heavy (non-hydrogen) atoms. The van der Waals surface area contributed by atoms with Crippen LogP contribution in [0.3, 0.4) is 0 Å². The average Bonchev–Trinajstić information content (AvgIpc) is 2.69. The van der Waals surface area contributed by atoms with Gasteiger partial charge in [-0.05, 0) is 6.07 Å². The normalized spacial score (nSPS) is 16.4. The summed E-state index contributed by atoms with van der Waals surface area (Å²) >= 11 is 5.89. The summed E-state index contributed by atoms with van der Waals surface area (Å²) in [6, 6.07) is 2.67. The van der Waals surface area contributed by atoms with Crippen LogP contribution in [0.2, 0.25) is 5.02 Å². The summed E-state index contributed by atoms with van der Waals surface area (Å²) < 4.78 is 5.12. The molecule has 7 heteroatoms. The number of urea groups is 1. The lowest BCUT2D eigenvalue weighted by Gasteiger charge is -2.07. The van der Waals surface area contributed by atoms with E-state index in [9.17, 15) is 4.79 Å². The molecule has 0 fully saturated rings. The fraction of sp³-hybridized carbons (Fsp3) is 0.100. The Labute approximate surface area is 102 Å². The van der Waals surface area contributed by atoms with Gasteiger partial charge in [0.05, 0.1) is 24.0 Å². The van der Waals surface area contributed by atoms with Crippen LogP contribution in [-0.2, 0) is 0 Å². The van der Waals surface area contributed by atoms with Gasteiger partial charge in [0, 0.05) is 6.07 Å². The fourth-order valence-electron chi connectivity index (χ4n) is 1.29. The number of anilines is 1. The molecular weight excluding hydrogens is 244 g/mol. The Hall–Kier alpha value is -2.08. The van der Waals surface area contributed by atoms with Crippen LogP contribution in [0, 0.1) is 0 Å². The van der Waals surface area contributed by atoms with Crippen molar-refractivity contribution in [2.45, 2.75) is 0 Å². The van der Waals surface area contributed by atoms with Gasteiger partial charge in [0.2, 0.25) is 0 Å². The van der Waals surface area contributed by atoms with Crippen LogP contribution in [0.25, 0.3) is 0 Å². The van der Waals surface area contributed by atoms with Gasteiger partial charge in [-0.2, -0.15) is 4.99 Å². The number of amides is 2. The fourth-order valence-corrected chi connectivity index (χ4v) is 1.45. The predicted molar refractivity (Wildman–Crippen MR) is 66.5 cm³/mol. The number of amidine groups is 1. The van der Waals surface area contributed by atoms with Gasteiger partial charge in [-0.25, -0.2) is 9.79 Å². The van der Waals surface area contributed by atoms with Crippen molar-refractivity contribution in [3.05, 3.63) is 17.2 Å². The Balaban J connectivity index is 2.42. The molecular formula is C10H9ClN4O2. The van der Waals surface area contributed by atoms with E-state index in [1.54, 1.807) is 12.1 Å². The summed E-state index contributed by atoms with van der Waals surface area (Å²) in [6.07, 6.45) is 1.33. The average molecular weight is 253 g/mol. The molecule has 2 amide bonds. The quantitative estimate of drug-likeness (QED) is 0.786. The SMILES string of the molecule is COc1cc(N)c(Cl)cc1N=C1C=NC(=O)N1. The first kappa shape index (κ1) is 11.4. The Bertz CT molecular complexity index is 539. The molecule has 1 aliphatic rings. The van der Waals surface area contributed by atoms with Crippen molar-refractivity contribution in [3.8, 4) is 5.75 Å². The predicted octanol–water partition coefficient (Wildman–Crippen LogP) is 1.75. The molecule has 0 unspecified atom stereocenters. The van der Waals surface area contributed by atoms with E-state index in [1.165, 1.54) is 13.3 Å². The Morgan fingerprint density at radius 2 is 2.29 bits per heavy atom. The summed E-state index contributed by atoms with van der Waals surface area (Å²) in [5, 5.41) is 2.81. The van der Waals surface area contributed by atoms with Gasteiger partial charge in [0.15, 0.2) is 5.84 Å². The summed E-state index contributed by atoms with van der Waals surface area (Å²) in [6.45, 7) is 0. The van der Waals surface area contributed by atoms with Crippen LogP contribution < -0.4 is 15.8 Å². The van der Waals surface area contributed by atoms with Crippen molar-refractivity contribution in [1.82, 2.24) is 5.32 Å². The molecule has 0 atom stereocenters. The van der Waals surface area contributed by atoms with Crippen molar-refractivity contribution in [2.75, 3.05) is 12.8 Å². The van der Waals surface area contributed by atoms with Crippen LogP contribution >= 0.6 is 11.6 Å². The van der Waals surface area contributed by atoms with Crippen LogP contribution in [0.1, 0.15) is 0 Å². The minimum Gasteiger partial charge on any atom is -0.494 e. The number of halogens is 1. The first-order chi connectivity index (χ1) is 8.10. The van der Waals surface area contributed by atoms with Gasteiger partial charge in [0.25, 0.3) is 0 Å². The lowest BCUT2D eigenvalue weighted by atomic mass is 10.2. The molecule has 1 aromatic carbocycles. The number of aliphatic imine (C=N–C) groups is 2. The lowest BCUT2D eigenvalue weighted by Crippen LogP contribution is -2.20. The highest BCUT2D eigenvalue weighted by molar-refractivity contribution is 6.39. The Kier molecular flexibility index (Phi) is 2.97. The first-order valence-electron chi connectivity index (χ1n) is 4.67. The maximum atomic E-state index is 10.9. The number of hydrogen-bond donors (Lipinski definition) is 2. The van der Waals surface area contributed by atoms with Gasteiger partial charge in [-0.1, -0.05) is 11.6 Å². The zero-order valence-electron chi connectivity index (χ0n) is 8.90. The number of nitrogen functional groups attached to an aromatic ring is 1. The number of carbonyl (C=O) groups excluding carboxylic acids is 1. The van der Waals surface area contributed by atoms with E-state index in [1.807, 2.05) is 0 Å². The molecule has 3 N–H and O–H groups in total. The second kappa shape index (κ2) is 4.42.